The third-order valence-corrected chi connectivity index (χ3v) is 3.92. The molecule has 0 saturated heterocycles. The SMILES string of the molecule is COc1ccc(COc2ccc(-n3nc4ccccc4n3)cc2)cc1. The van der Waals surface area contributed by atoms with Crippen LogP contribution in [0.3, 0.4) is 0 Å². The molecule has 4 rings (SSSR count). The largest absolute Gasteiger partial charge is 0.497 e. The molecule has 4 aromatic rings. The zero-order valence-corrected chi connectivity index (χ0v) is 13.8. The van der Waals surface area contributed by atoms with Crippen molar-refractivity contribution in [2.45, 2.75) is 6.61 Å². The Bertz CT molecular complexity index is 943. The summed E-state index contributed by atoms with van der Waals surface area (Å²) in [6.45, 7) is 0.507. The zero-order valence-electron chi connectivity index (χ0n) is 13.8. The number of hydrogen-bond acceptors (Lipinski definition) is 4. The van der Waals surface area contributed by atoms with Crippen LogP contribution in [0.4, 0.5) is 0 Å². The first-order valence-corrected chi connectivity index (χ1v) is 8.00. The van der Waals surface area contributed by atoms with Crippen molar-refractivity contribution in [2.24, 2.45) is 0 Å². The van der Waals surface area contributed by atoms with E-state index in [1.165, 1.54) is 0 Å². The maximum atomic E-state index is 5.82. The second-order valence-corrected chi connectivity index (χ2v) is 5.61. The van der Waals surface area contributed by atoms with Gasteiger partial charge in [-0.3, -0.25) is 0 Å². The van der Waals surface area contributed by atoms with E-state index in [0.717, 1.165) is 33.8 Å². The van der Waals surface area contributed by atoms with Crippen molar-refractivity contribution in [3.8, 4) is 17.2 Å². The molecule has 1 aromatic heterocycles. The Morgan fingerprint density at radius 3 is 1.96 bits per heavy atom. The van der Waals surface area contributed by atoms with Gasteiger partial charge in [0.05, 0.1) is 12.8 Å². The highest BCUT2D eigenvalue weighted by Gasteiger charge is 2.04. The van der Waals surface area contributed by atoms with Gasteiger partial charge < -0.3 is 9.47 Å². The molecule has 3 aromatic carbocycles. The second-order valence-electron chi connectivity index (χ2n) is 5.61. The summed E-state index contributed by atoms with van der Waals surface area (Å²) in [6.07, 6.45) is 0. The van der Waals surface area contributed by atoms with Crippen molar-refractivity contribution in [1.29, 1.82) is 0 Å². The standard InChI is InChI=1S/C20H17N3O2/c1-24-17-10-6-15(7-11-17)14-25-18-12-8-16(9-13-18)23-21-19-4-2-3-5-20(19)22-23/h2-13H,14H2,1H3. The lowest BCUT2D eigenvalue weighted by Gasteiger charge is -2.08. The molecule has 124 valence electrons. The predicted molar refractivity (Wildman–Crippen MR) is 96.2 cm³/mol. The minimum absolute atomic E-state index is 0.507. The van der Waals surface area contributed by atoms with Gasteiger partial charge in [-0.1, -0.05) is 24.3 Å². The van der Waals surface area contributed by atoms with Crippen molar-refractivity contribution < 1.29 is 9.47 Å². The molecule has 0 spiro atoms. The summed E-state index contributed by atoms with van der Waals surface area (Å²) in [4.78, 5) is 1.64. The summed E-state index contributed by atoms with van der Waals surface area (Å²) in [7, 11) is 1.66. The van der Waals surface area contributed by atoms with Crippen molar-refractivity contribution in [2.75, 3.05) is 7.11 Å². The van der Waals surface area contributed by atoms with Gasteiger partial charge in [-0.25, -0.2) is 0 Å². The Hall–Kier alpha value is -3.34. The molecule has 0 aliphatic rings. The first-order chi connectivity index (χ1) is 12.3. The van der Waals surface area contributed by atoms with E-state index in [1.54, 1.807) is 11.9 Å². The van der Waals surface area contributed by atoms with Crippen LogP contribution in [0.15, 0.2) is 72.8 Å². The van der Waals surface area contributed by atoms with Gasteiger partial charge in [-0.15, -0.1) is 10.2 Å². The number of aromatic nitrogens is 3. The van der Waals surface area contributed by atoms with Crippen molar-refractivity contribution in [3.63, 3.8) is 0 Å². The maximum Gasteiger partial charge on any atom is 0.119 e. The summed E-state index contributed by atoms with van der Waals surface area (Å²) in [5.41, 5.74) is 3.74. The molecule has 1 heterocycles. The predicted octanol–water partition coefficient (Wildman–Crippen LogP) is 4.01. The lowest BCUT2D eigenvalue weighted by Crippen LogP contribution is -1.99. The molecule has 0 aliphatic carbocycles. The van der Waals surface area contributed by atoms with E-state index in [1.807, 2.05) is 72.8 Å². The van der Waals surface area contributed by atoms with Gasteiger partial charge in [0, 0.05) is 0 Å². The highest BCUT2D eigenvalue weighted by molar-refractivity contribution is 5.73. The van der Waals surface area contributed by atoms with Gasteiger partial charge in [-0.2, -0.15) is 4.80 Å². The fraction of sp³-hybridized carbons (Fsp3) is 0.100. The summed E-state index contributed by atoms with van der Waals surface area (Å²) in [6, 6.07) is 23.4. The smallest absolute Gasteiger partial charge is 0.119 e. The minimum atomic E-state index is 0.507. The summed E-state index contributed by atoms with van der Waals surface area (Å²) in [5.74, 6) is 1.64. The van der Waals surface area contributed by atoms with Crippen molar-refractivity contribution >= 4 is 11.0 Å². The van der Waals surface area contributed by atoms with Crippen LogP contribution >= 0.6 is 0 Å². The maximum absolute atomic E-state index is 5.82. The topological polar surface area (TPSA) is 49.2 Å². The fourth-order valence-electron chi connectivity index (χ4n) is 2.54. The van der Waals surface area contributed by atoms with Crippen LogP contribution in [0.25, 0.3) is 16.7 Å². The molecule has 0 saturated carbocycles. The minimum Gasteiger partial charge on any atom is -0.497 e. The molecule has 0 atom stereocenters. The highest BCUT2D eigenvalue weighted by atomic mass is 16.5. The van der Waals surface area contributed by atoms with Crippen LogP contribution in [-0.4, -0.2) is 22.1 Å². The van der Waals surface area contributed by atoms with Gasteiger partial charge in [-0.05, 0) is 54.1 Å². The third kappa shape index (κ3) is 3.30. The number of benzene rings is 3. The molecule has 25 heavy (non-hydrogen) atoms. The van der Waals surface area contributed by atoms with Crippen LogP contribution in [0.5, 0.6) is 11.5 Å². The number of nitrogens with zero attached hydrogens (tertiary/aromatic N) is 3. The summed E-state index contributed by atoms with van der Waals surface area (Å²) >= 11 is 0. The van der Waals surface area contributed by atoms with E-state index in [9.17, 15) is 0 Å². The van der Waals surface area contributed by atoms with Gasteiger partial charge in [0.2, 0.25) is 0 Å². The molecule has 0 amide bonds. The van der Waals surface area contributed by atoms with Gasteiger partial charge >= 0.3 is 0 Å². The van der Waals surface area contributed by atoms with Gasteiger partial charge in [0.25, 0.3) is 0 Å². The summed E-state index contributed by atoms with van der Waals surface area (Å²) in [5, 5.41) is 8.95. The van der Waals surface area contributed by atoms with E-state index >= 15 is 0 Å². The quantitative estimate of drug-likeness (QED) is 0.554. The Labute approximate surface area is 145 Å². The average Bonchev–Trinajstić information content (AvgIpc) is 3.11. The highest BCUT2D eigenvalue weighted by Crippen LogP contribution is 2.18. The van der Waals surface area contributed by atoms with Crippen LogP contribution in [0, 0.1) is 0 Å². The first kappa shape index (κ1) is 15.2. The van der Waals surface area contributed by atoms with Gasteiger partial charge in [0.1, 0.15) is 29.1 Å². The molecule has 0 radical (unpaired) electrons. The Kier molecular flexibility index (Phi) is 4.04. The van der Waals surface area contributed by atoms with Crippen molar-refractivity contribution in [1.82, 2.24) is 15.0 Å². The van der Waals surface area contributed by atoms with E-state index in [-0.39, 0.29) is 0 Å². The number of ether oxygens (including phenoxy) is 2. The Morgan fingerprint density at radius 1 is 0.760 bits per heavy atom. The summed E-state index contributed by atoms with van der Waals surface area (Å²) < 4.78 is 11.0. The number of methoxy groups -OCH3 is 1. The number of rotatable bonds is 5. The molecular formula is C20H17N3O2. The normalized spacial score (nSPS) is 10.8. The van der Waals surface area contributed by atoms with E-state index in [4.69, 9.17) is 9.47 Å². The zero-order chi connectivity index (χ0) is 17.1. The number of hydrogen-bond donors (Lipinski definition) is 0. The lowest BCUT2D eigenvalue weighted by atomic mass is 10.2. The third-order valence-electron chi connectivity index (χ3n) is 3.92. The number of fused-ring (bicyclic) bond motifs is 1. The van der Waals surface area contributed by atoms with Crippen LogP contribution < -0.4 is 9.47 Å². The molecule has 0 unspecified atom stereocenters. The monoisotopic (exact) mass is 331 g/mol. The van der Waals surface area contributed by atoms with E-state index in [0.29, 0.717) is 6.61 Å². The van der Waals surface area contributed by atoms with Crippen molar-refractivity contribution in [3.05, 3.63) is 78.4 Å². The Morgan fingerprint density at radius 2 is 1.36 bits per heavy atom. The molecule has 0 N–H and O–H groups in total. The molecule has 0 fully saturated rings. The van der Waals surface area contributed by atoms with Gasteiger partial charge in [0.15, 0.2) is 0 Å². The lowest BCUT2D eigenvalue weighted by molar-refractivity contribution is 0.306. The fourth-order valence-corrected chi connectivity index (χ4v) is 2.54. The van der Waals surface area contributed by atoms with E-state index < -0.39 is 0 Å². The molecular weight excluding hydrogens is 314 g/mol. The molecule has 5 heteroatoms. The first-order valence-electron chi connectivity index (χ1n) is 8.00. The average molecular weight is 331 g/mol. The van der Waals surface area contributed by atoms with Crippen LogP contribution in [-0.2, 0) is 6.61 Å². The molecule has 5 nitrogen and oxygen atoms in total. The van der Waals surface area contributed by atoms with E-state index in [2.05, 4.69) is 10.2 Å². The Balaban J connectivity index is 1.45. The second kappa shape index (κ2) is 6.65. The van der Waals surface area contributed by atoms with Crippen LogP contribution in [0.1, 0.15) is 5.56 Å². The molecule has 0 aliphatic heterocycles. The van der Waals surface area contributed by atoms with Crippen LogP contribution in [0.2, 0.25) is 0 Å². The molecule has 0 bridgehead atoms.